The molecule has 0 aliphatic rings. The molecule has 0 saturated carbocycles. The molecule has 9 nitrogen and oxygen atoms in total. The molecule has 0 atom stereocenters. The van der Waals surface area contributed by atoms with Gasteiger partial charge in [-0.05, 0) is 51.0 Å². The van der Waals surface area contributed by atoms with Gasteiger partial charge in [0.25, 0.3) is 5.56 Å². The van der Waals surface area contributed by atoms with Crippen molar-refractivity contribution in [3.05, 3.63) is 34.9 Å². The van der Waals surface area contributed by atoms with Gasteiger partial charge in [0.2, 0.25) is 0 Å². The van der Waals surface area contributed by atoms with Crippen molar-refractivity contribution >= 4 is 22.8 Å². The molecule has 0 spiro atoms. The van der Waals surface area contributed by atoms with Crippen LogP contribution in [0.25, 0.3) is 10.9 Å². The number of hydrogen-bond acceptors (Lipinski definition) is 6. The fourth-order valence-electron chi connectivity index (χ4n) is 2.88. The van der Waals surface area contributed by atoms with Crippen molar-refractivity contribution in [3.8, 4) is 5.75 Å². The van der Waals surface area contributed by atoms with Gasteiger partial charge in [-0.3, -0.25) is 9.36 Å². The highest BCUT2D eigenvalue weighted by atomic mass is 16.5. The van der Waals surface area contributed by atoms with Crippen LogP contribution in [0.15, 0.2) is 29.3 Å². The Balaban J connectivity index is 0.000000703. The molecule has 0 amide bonds. The Labute approximate surface area is 182 Å². The van der Waals surface area contributed by atoms with Gasteiger partial charge < -0.3 is 19.8 Å². The number of carboxylic acids is 2. The zero-order chi connectivity index (χ0) is 23.2. The Morgan fingerprint density at radius 3 is 2.32 bits per heavy atom. The smallest absolute Gasteiger partial charge is 0.414 e. The Morgan fingerprint density at radius 1 is 1.06 bits per heavy atom. The molecule has 0 aliphatic heterocycles. The molecule has 172 valence electrons. The van der Waals surface area contributed by atoms with Crippen molar-refractivity contribution in [2.24, 2.45) is 0 Å². The van der Waals surface area contributed by atoms with E-state index >= 15 is 0 Å². The van der Waals surface area contributed by atoms with Crippen LogP contribution in [0.3, 0.4) is 0 Å². The minimum Gasteiger partial charge on any atom is -0.494 e. The Hall–Kier alpha value is -2.94. The molecule has 0 unspecified atom stereocenters. The van der Waals surface area contributed by atoms with E-state index in [0.717, 1.165) is 57.6 Å². The molecule has 0 fully saturated rings. The number of fused-ring (bicyclic) bond motifs is 1. The van der Waals surface area contributed by atoms with Crippen LogP contribution in [-0.4, -0.2) is 62.8 Å². The molecule has 31 heavy (non-hydrogen) atoms. The Kier molecular flexibility index (Phi) is 11.9. The molecule has 0 aliphatic carbocycles. The van der Waals surface area contributed by atoms with Crippen LogP contribution in [0.1, 0.15) is 46.5 Å². The fourth-order valence-corrected chi connectivity index (χ4v) is 2.88. The molecule has 9 heteroatoms. The quantitative estimate of drug-likeness (QED) is 0.408. The van der Waals surface area contributed by atoms with E-state index in [1.54, 1.807) is 10.9 Å². The summed E-state index contributed by atoms with van der Waals surface area (Å²) in [5.41, 5.74) is 0.742. The average Bonchev–Trinajstić information content (AvgIpc) is 2.76. The summed E-state index contributed by atoms with van der Waals surface area (Å²) in [4.78, 5) is 37.7. The number of aryl methyl sites for hydroxylation is 1. The second-order valence-electron chi connectivity index (χ2n) is 6.97. The zero-order valence-corrected chi connectivity index (χ0v) is 18.5. The van der Waals surface area contributed by atoms with Gasteiger partial charge in [-0.25, -0.2) is 14.6 Å². The van der Waals surface area contributed by atoms with E-state index < -0.39 is 11.9 Å². The van der Waals surface area contributed by atoms with E-state index in [4.69, 9.17) is 24.5 Å². The van der Waals surface area contributed by atoms with Gasteiger partial charge in [0.15, 0.2) is 0 Å². The first-order valence-electron chi connectivity index (χ1n) is 10.6. The van der Waals surface area contributed by atoms with Gasteiger partial charge in [0.1, 0.15) is 5.75 Å². The first-order valence-corrected chi connectivity index (χ1v) is 10.6. The lowest BCUT2D eigenvalue weighted by molar-refractivity contribution is -0.159. The second-order valence-corrected chi connectivity index (χ2v) is 6.97. The molecule has 2 N–H and O–H groups in total. The molecular weight excluding hydrogens is 402 g/mol. The van der Waals surface area contributed by atoms with Crippen molar-refractivity contribution in [1.82, 2.24) is 14.5 Å². The standard InChI is InChI=1S/C20H31N3O2.C2H2O4/c1-4-7-14-25-17-10-11-18-19(15-17)21-16-23(20(18)24)13-9-8-12-22(5-2)6-3;3-1(4)2(5)6/h10-11,15-16H,4-9,12-14H2,1-3H3;(H,3,4)(H,5,6). The number of ether oxygens (including phenoxy) is 1. The van der Waals surface area contributed by atoms with Gasteiger partial charge in [0, 0.05) is 12.6 Å². The average molecular weight is 436 g/mol. The van der Waals surface area contributed by atoms with Gasteiger partial charge in [0.05, 0.1) is 23.8 Å². The minimum absolute atomic E-state index is 0.0351. The lowest BCUT2D eigenvalue weighted by Crippen LogP contribution is -2.25. The lowest BCUT2D eigenvalue weighted by Gasteiger charge is -2.17. The minimum atomic E-state index is -1.82. The zero-order valence-electron chi connectivity index (χ0n) is 18.5. The maximum Gasteiger partial charge on any atom is 0.414 e. The number of nitrogens with zero attached hydrogens (tertiary/aromatic N) is 3. The predicted octanol–water partition coefficient (Wildman–Crippen LogP) is 2.85. The number of unbranched alkanes of at least 4 members (excludes halogenated alkanes) is 2. The van der Waals surface area contributed by atoms with E-state index in [-0.39, 0.29) is 5.56 Å². The molecule has 2 rings (SSSR count). The third kappa shape index (κ3) is 9.17. The summed E-state index contributed by atoms with van der Waals surface area (Å²) >= 11 is 0. The highest BCUT2D eigenvalue weighted by Gasteiger charge is 2.06. The van der Waals surface area contributed by atoms with E-state index in [2.05, 4.69) is 30.7 Å². The Morgan fingerprint density at radius 2 is 1.74 bits per heavy atom. The van der Waals surface area contributed by atoms with Crippen LogP contribution in [0.2, 0.25) is 0 Å². The summed E-state index contributed by atoms with van der Waals surface area (Å²) in [6, 6.07) is 5.56. The summed E-state index contributed by atoms with van der Waals surface area (Å²) in [5, 5.41) is 15.4. The number of aliphatic carboxylic acids is 2. The van der Waals surface area contributed by atoms with Crippen molar-refractivity contribution in [3.63, 3.8) is 0 Å². The third-order valence-corrected chi connectivity index (χ3v) is 4.76. The van der Waals surface area contributed by atoms with Crippen LogP contribution in [-0.2, 0) is 16.1 Å². The first kappa shape index (κ1) is 26.1. The molecule has 0 saturated heterocycles. The summed E-state index contributed by atoms with van der Waals surface area (Å²) < 4.78 is 7.42. The highest BCUT2D eigenvalue weighted by molar-refractivity contribution is 6.27. The van der Waals surface area contributed by atoms with Crippen molar-refractivity contribution in [2.45, 2.75) is 53.0 Å². The van der Waals surface area contributed by atoms with Gasteiger partial charge in [-0.2, -0.15) is 0 Å². The van der Waals surface area contributed by atoms with Gasteiger partial charge >= 0.3 is 11.9 Å². The number of benzene rings is 1. The van der Waals surface area contributed by atoms with E-state index in [9.17, 15) is 4.79 Å². The summed E-state index contributed by atoms with van der Waals surface area (Å²) in [6.45, 7) is 11.2. The normalized spacial score (nSPS) is 10.6. The number of hydrogen-bond donors (Lipinski definition) is 2. The third-order valence-electron chi connectivity index (χ3n) is 4.76. The van der Waals surface area contributed by atoms with Crippen LogP contribution in [0.4, 0.5) is 0 Å². The molecule has 2 aromatic rings. The second kappa shape index (κ2) is 14.1. The van der Waals surface area contributed by atoms with Crippen LogP contribution in [0, 0.1) is 0 Å². The fraction of sp³-hybridized carbons (Fsp3) is 0.545. The molecular formula is C22H33N3O6. The van der Waals surface area contributed by atoms with E-state index in [1.807, 2.05) is 18.2 Å². The number of rotatable bonds is 11. The van der Waals surface area contributed by atoms with Gasteiger partial charge in [-0.1, -0.05) is 27.2 Å². The van der Waals surface area contributed by atoms with Crippen molar-refractivity contribution in [1.29, 1.82) is 0 Å². The maximum atomic E-state index is 12.6. The predicted molar refractivity (Wildman–Crippen MR) is 119 cm³/mol. The van der Waals surface area contributed by atoms with Crippen molar-refractivity contribution < 1.29 is 24.5 Å². The number of aromatic nitrogens is 2. The molecule has 0 bridgehead atoms. The number of carbonyl (C=O) groups is 2. The summed E-state index contributed by atoms with van der Waals surface area (Å²) in [6.07, 6.45) is 5.88. The molecule has 0 radical (unpaired) electrons. The maximum absolute atomic E-state index is 12.6. The SMILES string of the molecule is CCCCOc1ccc2c(=O)n(CCCCN(CC)CC)cnc2c1.O=C(O)C(=O)O. The first-order chi connectivity index (χ1) is 14.8. The van der Waals surface area contributed by atoms with Crippen LogP contribution >= 0.6 is 0 Å². The molecule has 1 aromatic carbocycles. The summed E-state index contributed by atoms with van der Waals surface area (Å²) in [7, 11) is 0. The highest BCUT2D eigenvalue weighted by Crippen LogP contribution is 2.17. The van der Waals surface area contributed by atoms with E-state index in [1.165, 1.54) is 0 Å². The molecule has 1 heterocycles. The van der Waals surface area contributed by atoms with E-state index in [0.29, 0.717) is 17.5 Å². The monoisotopic (exact) mass is 435 g/mol. The lowest BCUT2D eigenvalue weighted by atomic mass is 10.2. The Bertz CT molecular complexity index is 880. The number of carboxylic acid groups (broad SMARTS) is 2. The summed E-state index contributed by atoms with van der Waals surface area (Å²) in [5.74, 6) is -2.87. The van der Waals surface area contributed by atoms with Gasteiger partial charge in [-0.15, -0.1) is 0 Å². The van der Waals surface area contributed by atoms with Crippen LogP contribution < -0.4 is 10.3 Å². The molecule has 1 aromatic heterocycles. The van der Waals surface area contributed by atoms with Crippen LogP contribution in [0.5, 0.6) is 5.75 Å². The largest absolute Gasteiger partial charge is 0.494 e. The van der Waals surface area contributed by atoms with Crippen molar-refractivity contribution in [2.75, 3.05) is 26.2 Å². The topological polar surface area (TPSA) is 122 Å².